The van der Waals surface area contributed by atoms with E-state index in [2.05, 4.69) is 25.8 Å². The summed E-state index contributed by atoms with van der Waals surface area (Å²) in [5.74, 6) is 1.57. The van der Waals surface area contributed by atoms with Crippen molar-refractivity contribution < 1.29 is 9.47 Å². The second-order valence-electron chi connectivity index (χ2n) is 7.30. The van der Waals surface area contributed by atoms with E-state index >= 15 is 0 Å². The first-order valence-electron chi connectivity index (χ1n) is 7.01. The summed E-state index contributed by atoms with van der Waals surface area (Å²) in [4.78, 5) is 4.52. The van der Waals surface area contributed by atoms with E-state index in [0.717, 1.165) is 30.0 Å². The van der Waals surface area contributed by atoms with E-state index in [1.165, 1.54) is 0 Å². The Labute approximate surface area is 116 Å². The van der Waals surface area contributed by atoms with Crippen molar-refractivity contribution >= 4 is 0 Å². The number of aromatic nitrogens is 1. The fourth-order valence-corrected chi connectivity index (χ4v) is 1.70. The van der Waals surface area contributed by atoms with E-state index in [0.29, 0.717) is 6.10 Å². The summed E-state index contributed by atoms with van der Waals surface area (Å²) in [6.45, 7) is 12.6. The molecule has 0 aromatic carbocycles. The zero-order valence-corrected chi connectivity index (χ0v) is 12.9. The van der Waals surface area contributed by atoms with Crippen LogP contribution in [0.25, 0.3) is 0 Å². The van der Waals surface area contributed by atoms with Crippen molar-refractivity contribution in [2.45, 2.75) is 71.5 Å². The Morgan fingerprint density at radius 1 is 1.05 bits per heavy atom. The van der Waals surface area contributed by atoms with Gasteiger partial charge < -0.3 is 9.47 Å². The molecule has 1 aliphatic rings. The molecular weight excluding hydrogens is 238 g/mol. The van der Waals surface area contributed by atoms with Crippen molar-refractivity contribution in [2.24, 2.45) is 0 Å². The highest BCUT2D eigenvalue weighted by Crippen LogP contribution is 2.37. The predicted octanol–water partition coefficient (Wildman–Crippen LogP) is 4.10. The molecule has 3 heteroatoms. The number of rotatable bonds is 3. The van der Waals surface area contributed by atoms with Crippen LogP contribution >= 0.6 is 0 Å². The topological polar surface area (TPSA) is 31.4 Å². The lowest BCUT2D eigenvalue weighted by Crippen LogP contribution is -2.24. The van der Waals surface area contributed by atoms with E-state index in [-0.39, 0.29) is 11.0 Å². The zero-order valence-electron chi connectivity index (χ0n) is 12.9. The summed E-state index contributed by atoms with van der Waals surface area (Å²) in [6, 6.07) is 2.03. The average Bonchev–Trinajstić information content (AvgIpc) is 3.00. The molecule has 19 heavy (non-hydrogen) atoms. The van der Waals surface area contributed by atoms with Crippen LogP contribution in [-0.2, 0) is 5.41 Å². The Kier molecular flexibility index (Phi) is 3.50. The van der Waals surface area contributed by atoms with Crippen LogP contribution in [0.5, 0.6) is 11.5 Å². The largest absolute Gasteiger partial charge is 0.486 e. The van der Waals surface area contributed by atoms with Gasteiger partial charge in [0.05, 0.1) is 12.3 Å². The monoisotopic (exact) mass is 263 g/mol. The van der Waals surface area contributed by atoms with Gasteiger partial charge in [0.25, 0.3) is 0 Å². The summed E-state index contributed by atoms with van der Waals surface area (Å²) >= 11 is 0. The highest BCUT2D eigenvalue weighted by Gasteiger charge is 2.27. The van der Waals surface area contributed by atoms with E-state index in [1.54, 1.807) is 6.20 Å². The van der Waals surface area contributed by atoms with Gasteiger partial charge in [-0.1, -0.05) is 20.8 Å². The molecule has 3 nitrogen and oxygen atoms in total. The normalized spacial score (nSPS) is 16.3. The van der Waals surface area contributed by atoms with Crippen LogP contribution in [0.4, 0.5) is 0 Å². The second kappa shape index (κ2) is 4.69. The molecule has 0 bridgehead atoms. The molecule has 0 aliphatic heterocycles. The standard InChI is InChI=1S/C16H25NO2/c1-15(2,3)14-9-12(18-11-7-8-11)13(10-17-14)19-16(4,5)6/h9-11H,7-8H2,1-6H3. The molecule has 1 aliphatic carbocycles. The van der Waals surface area contributed by atoms with Gasteiger partial charge in [0, 0.05) is 17.2 Å². The van der Waals surface area contributed by atoms with Crippen molar-refractivity contribution in [1.29, 1.82) is 0 Å². The average molecular weight is 263 g/mol. The number of hydrogen-bond acceptors (Lipinski definition) is 3. The van der Waals surface area contributed by atoms with Crippen molar-refractivity contribution in [3.8, 4) is 11.5 Å². The minimum atomic E-state index is -0.243. The Bertz CT molecular complexity index is 451. The van der Waals surface area contributed by atoms with Crippen molar-refractivity contribution in [3.05, 3.63) is 18.0 Å². The summed E-state index contributed by atoms with van der Waals surface area (Å²) < 4.78 is 11.9. The summed E-state index contributed by atoms with van der Waals surface area (Å²) in [5.41, 5.74) is 0.804. The maximum Gasteiger partial charge on any atom is 0.180 e. The SMILES string of the molecule is CC(C)(C)Oc1cnc(C(C)(C)C)cc1OC1CC1. The number of ether oxygens (including phenoxy) is 2. The third kappa shape index (κ3) is 4.12. The van der Waals surface area contributed by atoms with Gasteiger partial charge >= 0.3 is 0 Å². The molecule has 1 heterocycles. The first-order chi connectivity index (χ1) is 8.65. The van der Waals surface area contributed by atoms with Crippen molar-refractivity contribution in [2.75, 3.05) is 0 Å². The number of nitrogens with zero attached hydrogens (tertiary/aromatic N) is 1. The van der Waals surface area contributed by atoms with Crippen LogP contribution in [0.2, 0.25) is 0 Å². The molecule has 1 fully saturated rings. The fourth-order valence-electron chi connectivity index (χ4n) is 1.70. The van der Waals surface area contributed by atoms with Crippen LogP contribution in [0, 0.1) is 0 Å². The van der Waals surface area contributed by atoms with Gasteiger partial charge in [-0.2, -0.15) is 0 Å². The highest BCUT2D eigenvalue weighted by molar-refractivity contribution is 5.41. The summed E-state index contributed by atoms with van der Waals surface area (Å²) in [5, 5.41) is 0. The van der Waals surface area contributed by atoms with Gasteiger partial charge in [-0.15, -0.1) is 0 Å². The van der Waals surface area contributed by atoms with Crippen LogP contribution in [0.15, 0.2) is 12.3 Å². The summed E-state index contributed by atoms with van der Waals surface area (Å²) in [6.07, 6.45) is 4.44. The van der Waals surface area contributed by atoms with E-state index in [1.807, 2.05) is 26.8 Å². The molecule has 0 radical (unpaired) electrons. The van der Waals surface area contributed by atoms with E-state index in [9.17, 15) is 0 Å². The quantitative estimate of drug-likeness (QED) is 0.822. The Morgan fingerprint density at radius 3 is 2.16 bits per heavy atom. The molecule has 0 atom stereocenters. The van der Waals surface area contributed by atoms with Gasteiger partial charge in [0.1, 0.15) is 5.60 Å². The molecule has 0 saturated heterocycles. The lowest BCUT2D eigenvalue weighted by molar-refractivity contribution is 0.122. The second-order valence-corrected chi connectivity index (χ2v) is 7.30. The van der Waals surface area contributed by atoms with Gasteiger partial charge in [-0.25, -0.2) is 0 Å². The molecule has 2 rings (SSSR count). The van der Waals surface area contributed by atoms with Gasteiger partial charge in [-0.05, 0) is 33.6 Å². The lowest BCUT2D eigenvalue weighted by atomic mass is 9.91. The zero-order chi connectivity index (χ0) is 14.3. The molecular formula is C16H25NO2. The lowest BCUT2D eigenvalue weighted by Gasteiger charge is -2.25. The molecule has 1 aromatic heterocycles. The molecule has 106 valence electrons. The van der Waals surface area contributed by atoms with Gasteiger partial charge in [0.15, 0.2) is 11.5 Å². The third-order valence-corrected chi connectivity index (χ3v) is 2.83. The van der Waals surface area contributed by atoms with Gasteiger partial charge in [-0.3, -0.25) is 4.98 Å². The Hall–Kier alpha value is -1.25. The highest BCUT2D eigenvalue weighted by atomic mass is 16.5. The minimum absolute atomic E-state index is 0.0158. The first-order valence-corrected chi connectivity index (χ1v) is 7.01. The van der Waals surface area contributed by atoms with Gasteiger partial charge in [0.2, 0.25) is 0 Å². The summed E-state index contributed by atoms with van der Waals surface area (Å²) in [7, 11) is 0. The Balaban J connectivity index is 2.30. The Morgan fingerprint density at radius 2 is 1.68 bits per heavy atom. The molecule has 1 saturated carbocycles. The number of pyridine rings is 1. The number of hydrogen-bond donors (Lipinski definition) is 0. The van der Waals surface area contributed by atoms with Crippen molar-refractivity contribution in [1.82, 2.24) is 4.98 Å². The third-order valence-electron chi connectivity index (χ3n) is 2.83. The maximum atomic E-state index is 5.97. The minimum Gasteiger partial charge on any atom is -0.486 e. The molecule has 0 amide bonds. The van der Waals surface area contributed by atoms with Crippen molar-refractivity contribution in [3.63, 3.8) is 0 Å². The van der Waals surface area contributed by atoms with Crippen LogP contribution in [-0.4, -0.2) is 16.7 Å². The van der Waals surface area contributed by atoms with E-state index in [4.69, 9.17) is 9.47 Å². The molecule has 0 spiro atoms. The maximum absolute atomic E-state index is 5.97. The first kappa shape index (κ1) is 14.2. The van der Waals surface area contributed by atoms with Crippen LogP contribution in [0.3, 0.4) is 0 Å². The van der Waals surface area contributed by atoms with Crippen LogP contribution < -0.4 is 9.47 Å². The predicted molar refractivity (Wildman–Crippen MR) is 77.0 cm³/mol. The fraction of sp³-hybridized carbons (Fsp3) is 0.688. The smallest absolute Gasteiger partial charge is 0.180 e. The molecule has 0 N–H and O–H groups in total. The van der Waals surface area contributed by atoms with E-state index < -0.39 is 0 Å². The molecule has 0 unspecified atom stereocenters. The van der Waals surface area contributed by atoms with Crippen LogP contribution in [0.1, 0.15) is 60.1 Å². The molecule has 1 aromatic rings.